The van der Waals surface area contributed by atoms with Crippen LogP contribution in [0.4, 0.5) is 0 Å². The molecule has 2 aromatic heterocycles. The van der Waals surface area contributed by atoms with Gasteiger partial charge in [0.25, 0.3) is 0 Å². The Balaban J connectivity index is 1.18. The molecule has 0 fully saturated rings. The van der Waals surface area contributed by atoms with Crippen molar-refractivity contribution in [3.8, 4) is 67.0 Å². The molecule has 8 aromatic rings. The van der Waals surface area contributed by atoms with Gasteiger partial charge >= 0.3 is 0 Å². The molecule has 0 saturated heterocycles. The van der Waals surface area contributed by atoms with Gasteiger partial charge in [-0.2, -0.15) is 0 Å². The first kappa shape index (κ1) is 26.8. The van der Waals surface area contributed by atoms with Crippen molar-refractivity contribution in [2.24, 2.45) is 0 Å². The second-order valence-electron chi connectivity index (χ2n) is 10.8. The summed E-state index contributed by atoms with van der Waals surface area (Å²) in [7, 11) is 0. The molecule has 0 saturated carbocycles. The SMILES string of the molecule is c1ccc(-c2ccc(-c3nc4ccc(-c5nc(-c6ccccc6)nc(-c6cccc(-c7ccccc7)c6)n5)cc4s3)cc2)cc1. The first-order valence-corrected chi connectivity index (χ1v) is 15.6. The molecule has 45 heavy (non-hydrogen) atoms. The van der Waals surface area contributed by atoms with E-state index in [1.165, 1.54) is 11.1 Å². The summed E-state index contributed by atoms with van der Waals surface area (Å²) >= 11 is 1.68. The van der Waals surface area contributed by atoms with Gasteiger partial charge < -0.3 is 0 Å². The molecule has 0 amide bonds. The van der Waals surface area contributed by atoms with Crippen LogP contribution >= 0.6 is 11.3 Å². The average molecular weight is 595 g/mol. The highest BCUT2D eigenvalue weighted by Gasteiger charge is 2.15. The third-order valence-corrected chi connectivity index (χ3v) is 8.85. The highest BCUT2D eigenvalue weighted by molar-refractivity contribution is 7.21. The highest BCUT2D eigenvalue weighted by atomic mass is 32.1. The van der Waals surface area contributed by atoms with E-state index in [-0.39, 0.29) is 0 Å². The van der Waals surface area contributed by atoms with Crippen molar-refractivity contribution >= 4 is 21.6 Å². The second kappa shape index (κ2) is 11.7. The monoisotopic (exact) mass is 594 g/mol. The van der Waals surface area contributed by atoms with Crippen LogP contribution in [-0.2, 0) is 0 Å². The van der Waals surface area contributed by atoms with Gasteiger partial charge in [-0.05, 0) is 46.5 Å². The predicted octanol–water partition coefficient (Wildman–Crippen LogP) is 10.5. The molecular formula is C40H26N4S. The Hall–Kier alpha value is -5.78. The molecule has 0 N–H and O–H groups in total. The van der Waals surface area contributed by atoms with Gasteiger partial charge in [0, 0.05) is 22.3 Å². The molecule has 8 rings (SSSR count). The quantitative estimate of drug-likeness (QED) is 0.192. The standard InChI is InChI=1S/C40H26N4S/c1-4-11-27(12-5-1)29-19-21-31(22-20-29)40-41-35-24-23-34(26-36(35)45-40)39-43-37(30-15-8-3-9-16-30)42-38(44-39)33-18-10-17-32(25-33)28-13-6-2-7-14-28/h1-26H. The fourth-order valence-corrected chi connectivity index (χ4v) is 6.45. The van der Waals surface area contributed by atoms with Gasteiger partial charge in [-0.1, -0.05) is 133 Å². The van der Waals surface area contributed by atoms with Crippen molar-refractivity contribution in [3.63, 3.8) is 0 Å². The van der Waals surface area contributed by atoms with Gasteiger partial charge in [-0.25, -0.2) is 19.9 Å². The predicted molar refractivity (Wildman–Crippen MR) is 186 cm³/mol. The van der Waals surface area contributed by atoms with E-state index in [4.69, 9.17) is 19.9 Å². The largest absolute Gasteiger partial charge is 0.236 e. The third kappa shape index (κ3) is 5.53. The molecular weight excluding hydrogens is 569 g/mol. The summed E-state index contributed by atoms with van der Waals surface area (Å²) in [6, 6.07) is 54.1. The van der Waals surface area contributed by atoms with E-state index in [2.05, 4.69) is 115 Å². The summed E-state index contributed by atoms with van der Waals surface area (Å²) in [5, 5.41) is 0.987. The molecule has 5 heteroatoms. The Morgan fingerprint density at radius 3 is 1.40 bits per heavy atom. The number of fused-ring (bicyclic) bond motifs is 1. The lowest BCUT2D eigenvalue weighted by atomic mass is 10.0. The molecule has 212 valence electrons. The Labute approximate surface area is 265 Å². The Morgan fingerprint density at radius 2 is 0.756 bits per heavy atom. The topological polar surface area (TPSA) is 51.6 Å². The lowest BCUT2D eigenvalue weighted by Gasteiger charge is -2.09. The number of hydrogen-bond donors (Lipinski definition) is 0. The Bertz CT molecular complexity index is 2250. The number of rotatable bonds is 6. The van der Waals surface area contributed by atoms with Crippen LogP contribution in [0.25, 0.3) is 77.2 Å². The molecule has 4 nitrogen and oxygen atoms in total. The van der Waals surface area contributed by atoms with Gasteiger partial charge in [0.2, 0.25) is 0 Å². The van der Waals surface area contributed by atoms with Crippen LogP contribution in [0.5, 0.6) is 0 Å². The van der Waals surface area contributed by atoms with E-state index < -0.39 is 0 Å². The zero-order valence-electron chi connectivity index (χ0n) is 24.2. The molecule has 0 unspecified atom stereocenters. The van der Waals surface area contributed by atoms with Crippen molar-refractivity contribution < 1.29 is 0 Å². The first-order chi connectivity index (χ1) is 22.3. The summed E-state index contributed by atoms with van der Waals surface area (Å²) in [6.45, 7) is 0. The molecule has 0 radical (unpaired) electrons. The van der Waals surface area contributed by atoms with Gasteiger partial charge in [0.1, 0.15) is 5.01 Å². The Morgan fingerprint density at radius 1 is 0.311 bits per heavy atom. The minimum absolute atomic E-state index is 0.632. The normalized spacial score (nSPS) is 11.1. The van der Waals surface area contributed by atoms with Gasteiger partial charge in [0.05, 0.1) is 10.2 Å². The lowest BCUT2D eigenvalue weighted by molar-refractivity contribution is 1.07. The lowest BCUT2D eigenvalue weighted by Crippen LogP contribution is -2.00. The van der Waals surface area contributed by atoms with Crippen LogP contribution in [0.3, 0.4) is 0 Å². The first-order valence-electron chi connectivity index (χ1n) is 14.8. The number of benzene rings is 6. The van der Waals surface area contributed by atoms with Crippen molar-refractivity contribution in [2.75, 3.05) is 0 Å². The van der Waals surface area contributed by atoms with Gasteiger partial charge in [-0.15, -0.1) is 11.3 Å². The van der Waals surface area contributed by atoms with Crippen LogP contribution in [0.1, 0.15) is 0 Å². The van der Waals surface area contributed by atoms with Crippen molar-refractivity contribution in [1.29, 1.82) is 0 Å². The average Bonchev–Trinajstić information content (AvgIpc) is 3.56. The molecule has 0 aliphatic rings. The maximum absolute atomic E-state index is 5.01. The Kier molecular flexibility index (Phi) is 6.98. The van der Waals surface area contributed by atoms with E-state index in [9.17, 15) is 0 Å². The summed E-state index contributed by atoms with van der Waals surface area (Å²) < 4.78 is 1.09. The summed E-state index contributed by atoms with van der Waals surface area (Å²) in [5.41, 5.74) is 9.54. The van der Waals surface area contributed by atoms with Crippen molar-refractivity contribution in [2.45, 2.75) is 0 Å². The fraction of sp³-hybridized carbons (Fsp3) is 0. The van der Waals surface area contributed by atoms with E-state index in [1.807, 2.05) is 42.5 Å². The zero-order chi connectivity index (χ0) is 30.0. The maximum atomic E-state index is 5.01. The van der Waals surface area contributed by atoms with E-state index in [1.54, 1.807) is 11.3 Å². The molecule has 0 aliphatic heterocycles. The molecule has 6 aromatic carbocycles. The molecule has 0 spiro atoms. The maximum Gasteiger partial charge on any atom is 0.164 e. The minimum Gasteiger partial charge on any atom is -0.236 e. The van der Waals surface area contributed by atoms with Crippen LogP contribution in [0.2, 0.25) is 0 Å². The minimum atomic E-state index is 0.632. The number of thiazole rings is 1. The smallest absolute Gasteiger partial charge is 0.164 e. The molecule has 2 heterocycles. The van der Waals surface area contributed by atoms with Crippen LogP contribution in [0.15, 0.2) is 158 Å². The van der Waals surface area contributed by atoms with Crippen LogP contribution in [-0.4, -0.2) is 19.9 Å². The molecule has 0 aliphatic carbocycles. The third-order valence-electron chi connectivity index (χ3n) is 7.78. The number of aromatic nitrogens is 4. The van der Waals surface area contributed by atoms with Crippen LogP contribution in [0, 0.1) is 0 Å². The van der Waals surface area contributed by atoms with Crippen molar-refractivity contribution in [1.82, 2.24) is 19.9 Å². The second-order valence-corrected chi connectivity index (χ2v) is 11.8. The van der Waals surface area contributed by atoms with E-state index in [0.29, 0.717) is 17.5 Å². The highest BCUT2D eigenvalue weighted by Crippen LogP contribution is 2.34. The number of nitrogens with zero attached hydrogens (tertiary/aromatic N) is 4. The van der Waals surface area contributed by atoms with E-state index in [0.717, 1.165) is 48.6 Å². The number of hydrogen-bond acceptors (Lipinski definition) is 5. The zero-order valence-corrected chi connectivity index (χ0v) is 25.0. The van der Waals surface area contributed by atoms with Crippen molar-refractivity contribution in [3.05, 3.63) is 158 Å². The fourth-order valence-electron chi connectivity index (χ4n) is 5.44. The molecule has 0 atom stereocenters. The van der Waals surface area contributed by atoms with Crippen LogP contribution < -0.4 is 0 Å². The summed E-state index contributed by atoms with van der Waals surface area (Å²) in [5.74, 6) is 1.91. The van der Waals surface area contributed by atoms with E-state index >= 15 is 0 Å². The summed E-state index contributed by atoms with van der Waals surface area (Å²) in [4.78, 5) is 19.9. The summed E-state index contributed by atoms with van der Waals surface area (Å²) in [6.07, 6.45) is 0. The molecule has 0 bridgehead atoms. The van der Waals surface area contributed by atoms with Gasteiger partial charge in [-0.3, -0.25) is 0 Å². The van der Waals surface area contributed by atoms with Gasteiger partial charge in [0.15, 0.2) is 17.5 Å².